The number of hydrogen-bond donors (Lipinski definition) is 1. The van der Waals surface area contributed by atoms with E-state index in [-0.39, 0.29) is 19.2 Å². The molecule has 2 aliphatic rings. The predicted octanol–water partition coefficient (Wildman–Crippen LogP) is 2.43. The number of nitrogens with one attached hydrogen (secondary N) is 1. The van der Waals surface area contributed by atoms with Gasteiger partial charge in [-0.2, -0.15) is 0 Å². The molecule has 29 heavy (non-hydrogen) atoms. The van der Waals surface area contributed by atoms with Gasteiger partial charge in [-0.25, -0.2) is 4.79 Å². The number of aromatic nitrogens is 2. The van der Waals surface area contributed by atoms with E-state index in [0.717, 1.165) is 10.5 Å². The summed E-state index contributed by atoms with van der Waals surface area (Å²) in [6.07, 6.45) is 0. The third-order valence-electron chi connectivity index (χ3n) is 5.01. The van der Waals surface area contributed by atoms with E-state index in [0.29, 0.717) is 23.0 Å². The second kappa shape index (κ2) is 6.33. The highest BCUT2D eigenvalue weighted by Crippen LogP contribution is 2.38. The minimum Gasteiger partial charge on any atom is -0.454 e. The number of amides is 3. The average molecular weight is 392 g/mol. The van der Waals surface area contributed by atoms with Crippen LogP contribution in [0, 0.1) is 0 Å². The number of carbonyl (C=O) groups excluding carboxylic acids is 2. The highest BCUT2D eigenvalue weighted by atomic mass is 16.7. The molecule has 0 spiro atoms. The van der Waals surface area contributed by atoms with Crippen molar-refractivity contribution < 1.29 is 23.5 Å². The number of urea groups is 1. The third-order valence-corrected chi connectivity index (χ3v) is 5.01. The molecule has 0 bridgehead atoms. The number of nitrogens with zero attached hydrogens (tertiary/aromatic N) is 3. The van der Waals surface area contributed by atoms with Gasteiger partial charge in [-0.15, -0.1) is 10.2 Å². The fourth-order valence-electron chi connectivity index (χ4n) is 3.39. The molecule has 5 rings (SSSR count). The van der Waals surface area contributed by atoms with Gasteiger partial charge in [-0.3, -0.25) is 9.69 Å². The summed E-state index contributed by atoms with van der Waals surface area (Å²) < 4.78 is 16.3. The first-order valence-electron chi connectivity index (χ1n) is 8.97. The SMILES string of the molecule is C[C@]1(c2ccc3c(c2)OCO3)NC(=O)N(Cc2nnc(-c3ccccc3)o2)C1=O. The van der Waals surface area contributed by atoms with Crippen LogP contribution in [0.3, 0.4) is 0 Å². The summed E-state index contributed by atoms with van der Waals surface area (Å²) in [5, 5.41) is 10.7. The van der Waals surface area contributed by atoms with Crippen LogP contribution < -0.4 is 14.8 Å². The molecule has 146 valence electrons. The predicted molar refractivity (Wildman–Crippen MR) is 98.7 cm³/mol. The standard InChI is InChI=1S/C20H16N4O5/c1-20(13-7-8-14-15(9-13)28-11-27-14)18(25)24(19(26)21-20)10-16-22-23-17(29-16)12-5-3-2-4-6-12/h2-9H,10-11H2,1H3,(H,21,26)/t20-/m1/s1. The van der Waals surface area contributed by atoms with E-state index in [1.165, 1.54) is 0 Å². The second-order valence-corrected chi connectivity index (χ2v) is 6.88. The molecule has 9 nitrogen and oxygen atoms in total. The van der Waals surface area contributed by atoms with Crippen molar-refractivity contribution in [2.24, 2.45) is 0 Å². The Hall–Kier alpha value is -3.88. The van der Waals surface area contributed by atoms with Crippen molar-refractivity contribution in [3.63, 3.8) is 0 Å². The number of ether oxygens (including phenoxy) is 2. The number of imide groups is 1. The summed E-state index contributed by atoms with van der Waals surface area (Å²) in [5.74, 6) is 1.22. The Labute approximate surface area is 165 Å². The van der Waals surface area contributed by atoms with E-state index in [4.69, 9.17) is 13.9 Å². The maximum Gasteiger partial charge on any atom is 0.325 e. The van der Waals surface area contributed by atoms with Gasteiger partial charge in [0.25, 0.3) is 5.91 Å². The van der Waals surface area contributed by atoms with Gasteiger partial charge < -0.3 is 19.2 Å². The van der Waals surface area contributed by atoms with Crippen molar-refractivity contribution in [3.8, 4) is 23.0 Å². The molecule has 0 unspecified atom stereocenters. The van der Waals surface area contributed by atoms with Crippen LogP contribution in [-0.2, 0) is 16.9 Å². The van der Waals surface area contributed by atoms with Crippen LogP contribution in [0.2, 0.25) is 0 Å². The highest BCUT2D eigenvalue weighted by Gasteiger charge is 2.49. The zero-order valence-corrected chi connectivity index (χ0v) is 15.4. The van der Waals surface area contributed by atoms with Crippen LogP contribution >= 0.6 is 0 Å². The van der Waals surface area contributed by atoms with Crippen LogP contribution in [0.15, 0.2) is 52.9 Å². The Bertz CT molecular complexity index is 1110. The summed E-state index contributed by atoms with van der Waals surface area (Å²) in [6.45, 7) is 1.65. The van der Waals surface area contributed by atoms with Gasteiger partial charge in [0.15, 0.2) is 11.5 Å². The molecule has 9 heteroatoms. The zero-order valence-electron chi connectivity index (χ0n) is 15.4. The number of hydrogen-bond acceptors (Lipinski definition) is 7. The molecular weight excluding hydrogens is 376 g/mol. The summed E-state index contributed by atoms with van der Waals surface area (Å²) >= 11 is 0. The number of fused-ring (bicyclic) bond motifs is 1. The zero-order chi connectivity index (χ0) is 20.0. The lowest BCUT2D eigenvalue weighted by atomic mass is 9.91. The smallest absolute Gasteiger partial charge is 0.325 e. The molecule has 3 aromatic rings. The molecule has 1 N–H and O–H groups in total. The summed E-state index contributed by atoms with van der Waals surface area (Å²) in [5.41, 5.74) is 0.118. The quantitative estimate of drug-likeness (QED) is 0.680. The van der Waals surface area contributed by atoms with Crippen molar-refractivity contribution in [2.75, 3.05) is 6.79 Å². The van der Waals surface area contributed by atoms with Crippen LogP contribution in [0.5, 0.6) is 11.5 Å². The molecule has 3 heterocycles. The van der Waals surface area contributed by atoms with Crippen LogP contribution in [-0.4, -0.2) is 33.8 Å². The van der Waals surface area contributed by atoms with Crippen LogP contribution in [0.4, 0.5) is 4.79 Å². The normalized spacial score (nSPS) is 20.2. The van der Waals surface area contributed by atoms with Crippen molar-refractivity contribution in [1.29, 1.82) is 0 Å². The van der Waals surface area contributed by atoms with Crippen molar-refractivity contribution in [1.82, 2.24) is 20.4 Å². The van der Waals surface area contributed by atoms with Crippen LogP contribution in [0.1, 0.15) is 18.4 Å². The van der Waals surface area contributed by atoms with Crippen molar-refractivity contribution in [3.05, 3.63) is 60.0 Å². The Kier molecular flexibility index (Phi) is 3.76. The van der Waals surface area contributed by atoms with E-state index in [1.54, 1.807) is 25.1 Å². The van der Waals surface area contributed by atoms with Gasteiger partial charge in [0.1, 0.15) is 12.1 Å². The van der Waals surface area contributed by atoms with E-state index in [1.807, 2.05) is 30.3 Å². The summed E-state index contributed by atoms with van der Waals surface area (Å²) in [4.78, 5) is 26.7. The van der Waals surface area contributed by atoms with Crippen molar-refractivity contribution in [2.45, 2.75) is 19.0 Å². The van der Waals surface area contributed by atoms with Crippen LogP contribution in [0.25, 0.3) is 11.5 Å². The first-order valence-corrected chi connectivity index (χ1v) is 8.97. The summed E-state index contributed by atoms with van der Waals surface area (Å²) in [7, 11) is 0. The average Bonchev–Trinajstić information content (AvgIpc) is 3.44. The van der Waals surface area contributed by atoms with Crippen molar-refractivity contribution >= 4 is 11.9 Å². The first-order chi connectivity index (χ1) is 14.0. The lowest BCUT2D eigenvalue weighted by molar-refractivity contribution is -0.131. The lowest BCUT2D eigenvalue weighted by Crippen LogP contribution is -2.40. The molecule has 1 atom stereocenters. The largest absolute Gasteiger partial charge is 0.454 e. The number of carbonyl (C=O) groups is 2. The summed E-state index contributed by atoms with van der Waals surface area (Å²) in [6, 6.07) is 13.9. The Morgan fingerprint density at radius 1 is 1.07 bits per heavy atom. The lowest BCUT2D eigenvalue weighted by Gasteiger charge is -2.22. The van der Waals surface area contributed by atoms with Gasteiger partial charge in [-0.05, 0) is 36.8 Å². The highest BCUT2D eigenvalue weighted by molar-refractivity contribution is 6.07. The fraction of sp³-hybridized carbons (Fsp3) is 0.200. The molecule has 0 radical (unpaired) electrons. The van der Waals surface area contributed by atoms with Gasteiger partial charge in [-0.1, -0.05) is 24.3 Å². The number of benzene rings is 2. The van der Waals surface area contributed by atoms with Gasteiger partial charge in [0.05, 0.1) is 0 Å². The van der Waals surface area contributed by atoms with E-state index in [9.17, 15) is 9.59 Å². The molecule has 2 aromatic carbocycles. The van der Waals surface area contributed by atoms with Gasteiger partial charge >= 0.3 is 6.03 Å². The Morgan fingerprint density at radius 3 is 2.69 bits per heavy atom. The van der Waals surface area contributed by atoms with Gasteiger partial charge in [0.2, 0.25) is 18.6 Å². The van der Waals surface area contributed by atoms with Gasteiger partial charge in [0, 0.05) is 5.56 Å². The Morgan fingerprint density at radius 2 is 1.86 bits per heavy atom. The molecule has 1 aromatic heterocycles. The molecule has 1 fully saturated rings. The topological polar surface area (TPSA) is 107 Å². The molecule has 0 aliphatic carbocycles. The monoisotopic (exact) mass is 392 g/mol. The minimum atomic E-state index is -1.24. The van der Waals surface area contributed by atoms with E-state index < -0.39 is 17.5 Å². The molecule has 2 aliphatic heterocycles. The Balaban J connectivity index is 1.39. The molecular formula is C20H16N4O5. The maximum absolute atomic E-state index is 13.1. The molecule has 3 amide bonds. The minimum absolute atomic E-state index is 0.120. The molecule has 1 saturated heterocycles. The maximum atomic E-state index is 13.1. The molecule has 0 saturated carbocycles. The number of rotatable bonds is 4. The second-order valence-electron chi connectivity index (χ2n) is 6.88. The van der Waals surface area contributed by atoms with E-state index >= 15 is 0 Å². The fourth-order valence-corrected chi connectivity index (χ4v) is 3.39. The first kappa shape index (κ1) is 17.2. The third kappa shape index (κ3) is 2.78. The van der Waals surface area contributed by atoms with E-state index in [2.05, 4.69) is 15.5 Å².